The van der Waals surface area contributed by atoms with Crippen LogP contribution in [0.15, 0.2) is 6.20 Å². The molecule has 0 aliphatic carbocycles. The molecule has 0 radical (unpaired) electrons. The maximum Gasteiger partial charge on any atom is 0.0834 e. The van der Waals surface area contributed by atoms with Crippen molar-refractivity contribution in [3.8, 4) is 0 Å². The average Bonchev–Trinajstić information content (AvgIpc) is 2.91. The number of halogens is 1. The zero-order chi connectivity index (χ0) is 12.4. The number of nitrogens with one attached hydrogen (secondary N) is 1. The number of hydrogen-bond acceptors (Lipinski definition) is 3. The van der Waals surface area contributed by atoms with Gasteiger partial charge in [-0.05, 0) is 39.5 Å². The van der Waals surface area contributed by atoms with Crippen LogP contribution >= 0.6 is 23.4 Å². The Morgan fingerprint density at radius 1 is 1.59 bits per heavy atom. The molecule has 3 nitrogen and oxygen atoms in total. The Balaban J connectivity index is 2.32. The van der Waals surface area contributed by atoms with Crippen molar-refractivity contribution < 1.29 is 0 Å². The number of nitrogens with zero attached hydrogens (tertiary/aromatic N) is 2. The lowest BCUT2D eigenvalue weighted by atomic mass is 10.1. The van der Waals surface area contributed by atoms with Gasteiger partial charge in [0.05, 0.1) is 23.0 Å². The first kappa shape index (κ1) is 13.2. The number of thioether (sulfide) groups is 1. The maximum absolute atomic E-state index is 6.31. The molecule has 2 heterocycles. The van der Waals surface area contributed by atoms with Crippen molar-refractivity contribution in [3.05, 3.63) is 16.9 Å². The van der Waals surface area contributed by atoms with Gasteiger partial charge in [0.2, 0.25) is 0 Å². The van der Waals surface area contributed by atoms with Crippen molar-refractivity contribution >= 4 is 23.4 Å². The molecule has 2 rings (SSSR count). The molecule has 5 heteroatoms. The summed E-state index contributed by atoms with van der Waals surface area (Å²) in [5.74, 6) is 1.26. The monoisotopic (exact) mass is 273 g/mol. The molecule has 1 saturated heterocycles. The molecule has 0 bridgehead atoms. The third kappa shape index (κ3) is 2.64. The van der Waals surface area contributed by atoms with Crippen LogP contribution in [0.25, 0.3) is 0 Å². The summed E-state index contributed by atoms with van der Waals surface area (Å²) in [5.41, 5.74) is 1.14. The maximum atomic E-state index is 6.31. The summed E-state index contributed by atoms with van der Waals surface area (Å²) in [6.45, 7) is 4.28. The van der Waals surface area contributed by atoms with Gasteiger partial charge in [-0.2, -0.15) is 16.9 Å². The van der Waals surface area contributed by atoms with E-state index in [1.54, 1.807) is 6.20 Å². The normalized spacial score (nSPS) is 22.3. The van der Waals surface area contributed by atoms with Crippen molar-refractivity contribution in [2.75, 3.05) is 12.8 Å². The van der Waals surface area contributed by atoms with Gasteiger partial charge >= 0.3 is 0 Å². The van der Waals surface area contributed by atoms with Gasteiger partial charge in [-0.3, -0.25) is 4.68 Å². The highest BCUT2D eigenvalue weighted by atomic mass is 35.5. The molecule has 17 heavy (non-hydrogen) atoms. The summed E-state index contributed by atoms with van der Waals surface area (Å²) >= 11 is 8.35. The molecule has 0 amide bonds. The van der Waals surface area contributed by atoms with Crippen molar-refractivity contribution in [1.29, 1.82) is 0 Å². The molecule has 1 aliphatic heterocycles. The molecule has 96 valence electrons. The van der Waals surface area contributed by atoms with Crippen LogP contribution in [0.2, 0.25) is 5.02 Å². The molecule has 1 aliphatic rings. The Bertz CT molecular complexity index is 372. The van der Waals surface area contributed by atoms with Gasteiger partial charge in [0.25, 0.3) is 0 Å². The molecular weight excluding hydrogens is 254 g/mol. The largest absolute Gasteiger partial charge is 0.311 e. The zero-order valence-corrected chi connectivity index (χ0v) is 12.2. The number of hydrogen-bond donors (Lipinski definition) is 1. The van der Waals surface area contributed by atoms with Gasteiger partial charge in [-0.15, -0.1) is 0 Å². The summed E-state index contributed by atoms with van der Waals surface area (Å²) < 4.78 is 2.04. The van der Waals surface area contributed by atoms with E-state index in [2.05, 4.69) is 24.3 Å². The molecule has 2 atom stereocenters. The summed E-state index contributed by atoms with van der Waals surface area (Å²) in [4.78, 5) is 0. The summed E-state index contributed by atoms with van der Waals surface area (Å²) in [7, 11) is 2.01. The third-order valence-electron chi connectivity index (χ3n) is 3.22. The van der Waals surface area contributed by atoms with E-state index in [1.807, 2.05) is 23.5 Å². The molecular formula is C12H20ClN3S. The molecule has 1 fully saturated rings. The van der Waals surface area contributed by atoms with Crippen LogP contribution in [0.5, 0.6) is 0 Å². The number of rotatable bonds is 4. The van der Waals surface area contributed by atoms with Crippen molar-refractivity contribution in [2.24, 2.45) is 0 Å². The lowest BCUT2D eigenvalue weighted by molar-refractivity contribution is 0.450. The Hall–Kier alpha value is -0.190. The molecule has 0 spiro atoms. The lowest BCUT2D eigenvalue weighted by Gasteiger charge is -2.25. The second-order valence-electron chi connectivity index (χ2n) is 4.73. The van der Waals surface area contributed by atoms with Crippen LogP contribution in [0.1, 0.15) is 44.5 Å². The number of aromatic nitrogens is 2. The highest BCUT2D eigenvalue weighted by molar-refractivity contribution is 8.00. The van der Waals surface area contributed by atoms with Gasteiger partial charge in [0, 0.05) is 11.3 Å². The molecule has 1 aromatic heterocycles. The highest BCUT2D eigenvalue weighted by Gasteiger charge is 2.30. The topological polar surface area (TPSA) is 29.9 Å². The Kier molecular flexibility index (Phi) is 4.39. The average molecular weight is 274 g/mol. The first-order chi connectivity index (χ1) is 8.15. The first-order valence-corrected chi connectivity index (χ1v) is 7.59. The van der Waals surface area contributed by atoms with Crippen molar-refractivity contribution in [3.63, 3.8) is 0 Å². The van der Waals surface area contributed by atoms with E-state index in [4.69, 9.17) is 11.6 Å². The second-order valence-corrected chi connectivity index (χ2v) is 6.49. The molecule has 1 N–H and O–H groups in total. The van der Waals surface area contributed by atoms with Gasteiger partial charge in [-0.1, -0.05) is 11.6 Å². The van der Waals surface area contributed by atoms with Gasteiger partial charge in [0.15, 0.2) is 0 Å². The second kappa shape index (κ2) is 5.63. The van der Waals surface area contributed by atoms with Crippen LogP contribution in [0, 0.1) is 0 Å². The van der Waals surface area contributed by atoms with Gasteiger partial charge in [0.1, 0.15) is 0 Å². The Morgan fingerprint density at radius 2 is 2.35 bits per heavy atom. The van der Waals surface area contributed by atoms with E-state index in [0.717, 1.165) is 10.7 Å². The zero-order valence-electron chi connectivity index (χ0n) is 10.6. The van der Waals surface area contributed by atoms with E-state index in [0.29, 0.717) is 17.3 Å². The van der Waals surface area contributed by atoms with E-state index in [9.17, 15) is 0 Å². The Morgan fingerprint density at radius 3 is 2.88 bits per heavy atom. The predicted molar refractivity (Wildman–Crippen MR) is 74.9 cm³/mol. The lowest BCUT2D eigenvalue weighted by Crippen LogP contribution is -2.29. The van der Waals surface area contributed by atoms with Crippen LogP contribution < -0.4 is 5.32 Å². The van der Waals surface area contributed by atoms with Crippen molar-refractivity contribution in [2.45, 2.75) is 44.0 Å². The van der Waals surface area contributed by atoms with Crippen molar-refractivity contribution in [1.82, 2.24) is 15.1 Å². The van der Waals surface area contributed by atoms with Crippen LogP contribution in [-0.4, -0.2) is 27.8 Å². The highest BCUT2D eigenvalue weighted by Crippen LogP contribution is 2.38. The quantitative estimate of drug-likeness (QED) is 0.913. The summed E-state index contributed by atoms with van der Waals surface area (Å²) in [5, 5.41) is 9.21. The fourth-order valence-electron chi connectivity index (χ4n) is 2.42. The summed E-state index contributed by atoms with van der Waals surface area (Å²) in [6.07, 6.45) is 4.33. The summed E-state index contributed by atoms with van der Waals surface area (Å²) in [6, 6.07) is 0.652. The first-order valence-electron chi connectivity index (χ1n) is 6.17. The molecule has 1 aromatic rings. The fraction of sp³-hybridized carbons (Fsp3) is 0.750. The van der Waals surface area contributed by atoms with Crippen LogP contribution in [0.3, 0.4) is 0 Å². The minimum Gasteiger partial charge on any atom is -0.311 e. The van der Waals surface area contributed by atoms with E-state index >= 15 is 0 Å². The minimum atomic E-state index is 0.305. The SMILES string of the molecule is CNC(c1c(Cl)cnn1C(C)C)C1CCCS1. The van der Waals surface area contributed by atoms with Gasteiger partial charge < -0.3 is 5.32 Å². The molecule has 0 aromatic carbocycles. The standard InChI is InChI=1S/C12H20ClN3S/c1-8(2)16-12(9(13)7-15-16)11(14-3)10-5-4-6-17-10/h7-8,10-11,14H,4-6H2,1-3H3. The minimum absolute atomic E-state index is 0.305. The van der Waals surface area contributed by atoms with Crippen LogP contribution in [0.4, 0.5) is 0 Å². The fourth-order valence-corrected chi connectivity index (χ4v) is 4.09. The predicted octanol–water partition coefficient (Wildman–Crippen LogP) is 3.27. The molecule has 0 saturated carbocycles. The van der Waals surface area contributed by atoms with Crippen LogP contribution in [-0.2, 0) is 0 Å². The smallest absolute Gasteiger partial charge is 0.0834 e. The van der Waals surface area contributed by atoms with E-state index in [-0.39, 0.29) is 0 Å². The van der Waals surface area contributed by atoms with Gasteiger partial charge in [-0.25, -0.2) is 0 Å². The molecule has 2 unspecified atom stereocenters. The third-order valence-corrected chi connectivity index (χ3v) is 4.97. The van der Waals surface area contributed by atoms with E-state index < -0.39 is 0 Å². The van der Waals surface area contributed by atoms with E-state index in [1.165, 1.54) is 18.6 Å². The Labute approximate surface area is 112 Å².